The molecule has 4 rings (SSSR count). The van der Waals surface area contributed by atoms with Gasteiger partial charge < -0.3 is 20.0 Å². The van der Waals surface area contributed by atoms with Crippen LogP contribution in [0.1, 0.15) is 48.5 Å². The molecule has 1 unspecified atom stereocenters. The number of nitrogens with one attached hydrogen (secondary N) is 1. The van der Waals surface area contributed by atoms with Gasteiger partial charge in [-0.3, -0.25) is 9.59 Å². The number of nitrogens with zero attached hydrogens (tertiary/aromatic N) is 3. The van der Waals surface area contributed by atoms with E-state index in [-0.39, 0.29) is 23.3 Å². The number of benzene rings is 1. The molecule has 1 aromatic rings. The fourth-order valence-corrected chi connectivity index (χ4v) is 5.87. The van der Waals surface area contributed by atoms with E-state index >= 15 is 0 Å². The van der Waals surface area contributed by atoms with E-state index in [4.69, 9.17) is 0 Å². The van der Waals surface area contributed by atoms with Crippen molar-refractivity contribution in [2.75, 3.05) is 46.8 Å². The summed E-state index contributed by atoms with van der Waals surface area (Å²) < 4.78 is 0. The first kappa shape index (κ1) is 21.7. The van der Waals surface area contributed by atoms with Crippen molar-refractivity contribution in [3.63, 3.8) is 0 Å². The molecule has 31 heavy (non-hydrogen) atoms. The van der Waals surface area contributed by atoms with Gasteiger partial charge in [0.2, 0.25) is 5.91 Å². The Balaban J connectivity index is 1.50. The Labute approximate surface area is 184 Å². The summed E-state index contributed by atoms with van der Waals surface area (Å²) in [5.74, 6) is 0.134. The highest BCUT2D eigenvalue weighted by molar-refractivity contribution is 5.94. The van der Waals surface area contributed by atoms with Crippen LogP contribution in [-0.4, -0.2) is 79.4 Å². The second-order valence-electron chi connectivity index (χ2n) is 9.64. The van der Waals surface area contributed by atoms with Crippen molar-refractivity contribution in [2.45, 2.75) is 39.0 Å². The summed E-state index contributed by atoms with van der Waals surface area (Å²) in [6.45, 7) is 5.12. The van der Waals surface area contributed by atoms with Gasteiger partial charge in [0.15, 0.2) is 0 Å². The molecule has 3 heterocycles. The number of fused-ring (bicyclic) bond motifs is 1. The first-order valence-corrected chi connectivity index (χ1v) is 11.4. The van der Waals surface area contributed by atoms with Crippen molar-refractivity contribution < 1.29 is 14.4 Å². The summed E-state index contributed by atoms with van der Waals surface area (Å²) in [5, 5.41) is 3.02. The highest BCUT2D eigenvalue weighted by atomic mass is 16.2. The molecular formula is C24H34N4O3. The van der Waals surface area contributed by atoms with Crippen molar-refractivity contribution in [1.29, 1.82) is 0 Å². The van der Waals surface area contributed by atoms with Crippen LogP contribution in [0.3, 0.4) is 0 Å². The van der Waals surface area contributed by atoms with Crippen molar-refractivity contribution in [3.8, 4) is 0 Å². The van der Waals surface area contributed by atoms with Gasteiger partial charge in [-0.2, -0.15) is 0 Å². The molecule has 3 saturated heterocycles. The van der Waals surface area contributed by atoms with Crippen LogP contribution in [0.4, 0.5) is 4.79 Å². The van der Waals surface area contributed by atoms with Gasteiger partial charge in [0.05, 0.1) is 5.41 Å². The molecule has 3 aliphatic rings. The summed E-state index contributed by atoms with van der Waals surface area (Å²) >= 11 is 0. The van der Waals surface area contributed by atoms with Crippen LogP contribution in [0, 0.1) is 10.8 Å². The molecule has 1 aromatic carbocycles. The summed E-state index contributed by atoms with van der Waals surface area (Å²) in [6, 6.07) is 7.90. The largest absolute Gasteiger partial charge is 0.356 e. The second-order valence-corrected chi connectivity index (χ2v) is 9.64. The average molecular weight is 427 g/mol. The molecule has 7 nitrogen and oxygen atoms in total. The highest BCUT2D eigenvalue weighted by Gasteiger charge is 2.64. The molecule has 3 fully saturated rings. The number of carbonyl (C=O) groups excluding carboxylic acids is 3. The molecule has 0 saturated carbocycles. The maximum atomic E-state index is 13.1. The fraction of sp³-hybridized carbons (Fsp3) is 0.625. The van der Waals surface area contributed by atoms with Crippen molar-refractivity contribution in [1.82, 2.24) is 20.0 Å². The van der Waals surface area contributed by atoms with Crippen molar-refractivity contribution >= 4 is 17.8 Å². The van der Waals surface area contributed by atoms with Crippen LogP contribution in [0.2, 0.25) is 0 Å². The van der Waals surface area contributed by atoms with Crippen molar-refractivity contribution in [3.05, 3.63) is 35.4 Å². The van der Waals surface area contributed by atoms with E-state index in [2.05, 4.69) is 12.2 Å². The first-order chi connectivity index (χ1) is 14.8. The monoisotopic (exact) mass is 426 g/mol. The molecular weight excluding hydrogens is 392 g/mol. The first-order valence-electron chi connectivity index (χ1n) is 11.4. The van der Waals surface area contributed by atoms with Gasteiger partial charge in [0.1, 0.15) is 0 Å². The molecule has 0 aliphatic carbocycles. The second kappa shape index (κ2) is 8.17. The molecule has 4 amide bonds. The maximum Gasteiger partial charge on any atom is 0.319 e. The molecule has 1 N–H and O–H groups in total. The molecule has 168 valence electrons. The zero-order valence-corrected chi connectivity index (χ0v) is 18.9. The quantitative estimate of drug-likeness (QED) is 0.807. The summed E-state index contributed by atoms with van der Waals surface area (Å²) in [4.78, 5) is 44.1. The van der Waals surface area contributed by atoms with Crippen LogP contribution in [-0.2, 0) is 11.2 Å². The van der Waals surface area contributed by atoms with Gasteiger partial charge in [-0.05, 0) is 43.4 Å². The minimum absolute atomic E-state index is 0.0402. The predicted octanol–water partition coefficient (Wildman–Crippen LogP) is 2.37. The minimum Gasteiger partial charge on any atom is -0.356 e. The molecule has 3 aliphatic heterocycles. The highest BCUT2D eigenvalue weighted by Crippen LogP contribution is 2.56. The Morgan fingerprint density at radius 1 is 1.03 bits per heavy atom. The summed E-state index contributed by atoms with van der Waals surface area (Å²) in [5.41, 5.74) is 1.18. The third-order valence-electron chi connectivity index (χ3n) is 7.64. The molecule has 2 spiro atoms. The maximum absolute atomic E-state index is 13.1. The van der Waals surface area contributed by atoms with Gasteiger partial charge in [-0.1, -0.05) is 25.5 Å². The lowest BCUT2D eigenvalue weighted by atomic mass is 9.60. The average Bonchev–Trinajstić information content (AvgIpc) is 3.29. The van der Waals surface area contributed by atoms with E-state index < -0.39 is 5.41 Å². The Bertz CT molecular complexity index is 858. The molecule has 7 heteroatoms. The number of likely N-dealkylation sites (tertiary alicyclic amines) is 2. The van der Waals surface area contributed by atoms with Gasteiger partial charge in [-0.15, -0.1) is 0 Å². The minimum atomic E-state index is -0.532. The van der Waals surface area contributed by atoms with E-state index in [1.54, 1.807) is 19.0 Å². The van der Waals surface area contributed by atoms with Gasteiger partial charge >= 0.3 is 6.03 Å². The third-order valence-corrected chi connectivity index (χ3v) is 7.64. The SMILES string of the molecule is CCCc1ccc(C(=O)N2CCC3(CC2)CN(C(=O)N(C)C)CC32CCNC2=O)cc1. The lowest BCUT2D eigenvalue weighted by molar-refractivity contribution is -0.133. The number of rotatable bonds is 3. The van der Waals surface area contributed by atoms with Crippen LogP contribution >= 0.6 is 0 Å². The summed E-state index contributed by atoms with van der Waals surface area (Å²) in [7, 11) is 3.50. The predicted molar refractivity (Wildman–Crippen MR) is 119 cm³/mol. The van der Waals surface area contributed by atoms with Crippen LogP contribution in [0.25, 0.3) is 0 Å². The lowest BCUT2D eigenvalue weighted by Gasteiger charge is -2.46. The molecule has 0 radical (unpaired) electrons. The topological polar surface area (TPSA) is 73.0 Å². The van der Waals surface area contributed by atoms with E-state index in [0.717, 1.165) is 37.7 Å². The molecule has 0 aromatic heterocycles. The smallest absolute Gasteiger partial charge is 0.319 e. The Hall–Kier alpha value is -2.57. The van der Waals surface area contributed by atoms with Crippen molar-refractivity contribution in [2.24, 2.45) is 10.8 Å². The van der Waals surface area contributed by atoms with E-state index in [1.807, 2.05) is 34.1 Å². The van der Waals surface area contributed by atoms with Gasteiger partial charge in [-0.25, -0.2) is 4.79 Å². The van der Waals surface area contributed by atoms with E-state index in [9.17, 15) is 14.4 Å². The van der Waals surface area contributed by atoms with Crippen LogP contribution < -0.4 is 5.32 Å². The molecule has 1 atom stereocenters. The fourth-order valence-electron chi connectivity index (χ4n) is 5.87. The number of hydrogen-bond donors (Lipinski definition) is 1. The Morgan fingerprint density at radius 3 is 2.26 bits per heavy atom. The third kappa shape index (κ3) is 3.58. The van der Waals surface area contributed by atoms with Crippen LogP contribution in [0.5, 0.6) is 0 Å². The zero-order valence-electron chi connectivity index (χ0n) is 18.9. The van der Waals surface area contributed by atoms with Gasteiger partial charge in [0, 0.05) is 57.8 Å². The number of amides is 4. The number of aryl methyl sites for hydroxylation is 1. The number of urea groups is 1. The number of carbonyl (C=O) groups is 3. The van der Waals surface area contributed by atoms with Gasteiger partial charge in [0.25, 0.3) is 5.91 Å². The standard InChI is InChI=1S/C24H34N4O3/c1-4-5-18-6-8-19(9-7-18)20(29)27-14-11-23(12-15-27)16-28(22(31)26(2)3)17-24(23)10-13-25-21(24)30/h6-9H,4-5,10-17H2,1-3H3,(H,25,30). The Kier molecular flexibility index (Phi) is 5.71. The zero-order chi connectivity index (χ0) is 22.2. The Morgan fingerprint density at radius 2 is 1.71 bits per heavy atom. The lowest BCUT2D eigenvalue weighted by Crippen LogP contribution is -2.53. The van der Waals surface area contributed by atoms with E-state index in [0.29, 0.717) is 32.7 Å². The normalized spacial score (nSPS) is 24.7. The number of hydrogen-bond acceptors (Lipinski definition) is 3. The van der Waals surface area contributed by atoms with Crippen LogP contribution in [0.15, 0.2) is 24.3 Å². The van der Waals surface area contributed by atoms with E-state index in [1.165, 1.54) is 5.56 Å². The number of piperidine rings is 1. The summed E-state index contributed by atoms with van der Waals surface area (Å²) in [6.07, 6.45) is 4.36. The molecule has 0 bridgehead atoms.